The molecular formula is C8H9N3O2. The van der Waals surface area contributed by atoms with E-state index in [1.165, 1.54) is 25.7 Å². The van der Waals surface area contributed by atoms with Crippen LogP contribution in [0.1, 0.15) is 5.69 Å². The van der Waals surface area contributed by atoms with Crippen LogP contribution in [0.3, 0.4) is 0 Å². The average molecular weight is 179 g/mol. The summed E-state index contributed by atoms with van der Waals surface area (Å²) in [4.78, 5) is 18.5. The summed E-state index contributed by atoms with van der Waals surface area (Å²) in [6, 6.07) is 0. The Morgan fingerprint density at radius 1 is 1.62 bits per heavy atom. The van der Waals surface area contributed by atoms with Gasteiger partial charge in [0, 0.05) is 18.5 Å². The molecule has 5 heteroatoms. The Kier molecular flexibility index (Phi) is 2.97. The highest BCUT2D eigenvalue weighted by Crippen LogP contribution is 2.01. The molecule has 1 rings (SSSR count). The Bertz CT molecular complexity index is 321. The minimum absolute atomic E-state index is 0.236. The van der Waals surface area contributed by atoms with Gasteiger partial charge in [0.15, 0.2) is 0 Å². The number of esters is 1. The Labute approximate surface area is 75.3 Å². The van der Waals surface area contributed by atoms with Gasteiger partial charge in [-0.3, -0.25) is 9.97 Å². The lowest BCUT2D eigenvalue weighted by molar-refractivity contribution is -0.134. The molecular weight excluding hydrogens is 170 g/mol. The number of methoxy groups -OCH3 is 1. The zero-order valence-electron chi connectivity index (χ0n) is 7.10. The summed E-state index contributed by atoms with van der Waals surface area (Å²) in [5.74, 6) is -0.511. The lowest BCUT2D eigenvalue weighted by Crippen LogP contribution is -2.04. The molecule has 1 aromatic rings. The number of hydrogen-bond donors (Lipinski definition) is 1. The third kappa shape index (κ3) is 2.55. The summed E-state index contributed by atoms with van der Waals surface area (Å²) in [6.07, 6.45) is 5.64. The van der Waals surface area contributed by atoms with Crippen molar-refractivity contribution < 1.29 is 9.53 Å². The highest BCUT2D eigenvalue weighted by atomic mass is 16.5. The van der Waals surface area contributed by atoms with E-state index in [1.807, 2.05) is 0 Å². The molecule has 5 nitrogen and oxygen atoms in total. The van der Waals surface area contributed by atoms with E-state index in [0.29, 0.717) is 5.69 Å². The maximum atomic E-state index is 10.8. The van der Waals surface area contributed by atoms with Gasteiger partial charge < -0.3 is 10.5 Å². The van der Waals surface area contributed by atoms with E-state index in [4.69, 9.17) is 5.73 Å². The van der Waals surface area contributed by atoms with Crippen LogP contribution in [-0.4, -0.2) is 23.0 Å². The molecule has 0 bridgehead atoms. The molecule has 0 amide bonds. The minimum atomic E-state index is -0.511. The molecule has 0 atom stereocenters. The normalized spacial score (nSPS) is 11.0. The van der Waals surface area contributed by atoms with Gasteiger partial charge in [0.2, 0.25) is 0 Å². The van der Waals surface area contributed by atoms with Gasteiger partial charge in [-0.15, -0.1) is 0 Å². The lowest BCUT2D eigenvalue weighted by Gasteiger charge is -1.97. The number of carbonyl (C=O) groups is 1. The predicted molar refractivity (Wildman–Crippen MR) is 46.2 cm³/mol. The van der Waals surface area contributed by atoms with Gasteiger partial charge in [0.05, 0.1) is 19.0 Å². The average Bonchev–Trinajstić information content (AvgIpc) is 2.19. The lowest BCUT2D eigenvalue weighted by atomic mass is 10.3. The molecule has 2 N–H and O–H groups in total. The maximum absolute atomic E-state index is 10.8. The molecule has 68 valence electrons. The topological polar surface area (TPSA) is 78.1 Å². The van der Waals surface area contributed by atoms with Crippen molar-refractivity contribution in [2.75, 3.05) is 7.11 Å². The molecule has 0 saturated heterocycles. The number of nitrogens with two attached hydrogens (primary N) is 1. The van der Waals surface area contributed by atoms with Crippen molar-refractivity contribution in [3.05, 3.63) is 30.4 Å². The van der Waals surface area contributed by atoms with Crippen LogP contribution in [0.2, 0.25) is 0 Å². The Morgan fingerprint density at radius 3 is 2.92 bits per heavy atom. The maximum Gasteiger partial charge on any atom is 0.332 e. The number of rotatable bonds is 2. The first-order valence-electron chi connectivity index (χ1n) is 3.55. The number of hydrogen-bond acceptors (Lipinski definition) is 5. The molecule has 0 aliphatic carbocycles. The monoisotopic (exact) mass is 179 g/mol. The first-order valence-corrected chi connectivity index (χ1v) is 3.55. The number of nitrogens with zero attached hydrogens (tertiary/aromatic N) is 2. The van der Waals surface area contributed by atoms with Crippen LogP contribution in [0, 0.1) is 0 Å². The van der Waals surface area contributed by atoms with Gasteiger partial charge in [0.1, 0.15) is 5.69 Å². The fourth-order valence-corrected chi connectivity index (χ4v) is 0.708. The smallest absolute Gasteiger partial charge is 0.332 e. The number of carbonyl (C=O) groups excluding carboxylic acids is 1. The van der Waals surface area contributed by atoms with Gasteiger partial charge in [-0.2, -0.15) is 0 Å². The van der Waals surface area contributed by atoms with Crippen LogP contribution in [0.15, 0.2) is 24.7 Å². The molecule has 13 heavy (non-hydrogen) atoms. The van der Waals surface area contributed by atoms with E-state index >= 15 is 0 Å². The van der Waals surface area contributed by atoms with Gasteiger partial charge in [-0.05, 0) is 0 Å². The Hall–Kier alpha value is -1.91. The molecule has 0 aromatic carbocycles. The number of aromatic nitrogens is 2. The summed E-state index contributed by atoms with van der Waals surface area (Å²) in [6.45, 7) is 0. The second kappa shape index (κ2) is 4.20. The van der Waals surface area contributed by atoms with Crippen molar-refractivity contribution in [2.45, 2.75) is 0 Å². The summed E-state index contributed by atoms with van der Waals surface area (Å²) in [7, 11) is 1.28. The summed E-state index contributed by atoms with van der Waals surface area (Å²) < 4.78 is 4.40. The summed E-state index contributed by atoms with van der Waals surface area (Å²) in [5.41, 5.74) is 6.22. The van der Waals surface area contributed by atoms with Crippen molar-refractivity contribution in [3.63, 3.8) is 0 Å². The molecule has 0 aliphatic heterocycles. The molecule has 1 heterocycles. The molecule has 0 spiro atoms. The standard InChI is InChI=1S/C8H9N3O2/c1-13-8(12)4-6(9)7-5-10-2-3-11-7/h2-5H,9H2,1H3/b6-4-. The zero-order chi connectivity index (χ0) is 9.68. The van der Waals surface area contributed by atoms with Gasteiger partial charge >= 0.3 is 5.97 Å². The van der Waals surface area contributed by atoms with E-state index in [-0.39, 0.29) is 5.70 Å². The van der Waals surface area contributed by atoms with Gasteiger partial charge in [-0.1, -0.05) is 0 Å². The fraction of sp³-hybridized carbons (Fsp3) is 0.125. The molecule has 1 aromatic heterocycles. The molecule has 0 radical (unpaired) electrons. The Balaban J connectivity index is 2.85. The van der Waals surface area contributed by atoms with Crippen LogP contribution < -0.4 is 5.73 Å². The molecule has 0 fully saturated rings. The second-order valence-electron chi connectivity index (χ2n) is 2.21. The minimum Gasteiger partial charge on any atom is -0.466 e. The van der Waals surface area contributed by atoms with E-state index in [9.17, 15) is 4.79 Å². The highest BCUT2D eigenvalue weighted by Gasteiger charge is 2.00. The van der Waals surface area contributed by atoms with Gasteiger partial charge in [0.25, 0.3) is 0 Å². The van der Waals surface area contributed by atoms with E-state index in [2.05, 4.69) is 14.7 Å². The Morgan fingerprint density at radius 2 is 2.38 bits per heavy atom. The van der Waals surface area contributed by atoms with E-state index < -0.39 is 5.97 Å². The predicted octanol–water partition coefficient (Wildman–Crippen LogP) is -0.0508. The van der Waals surface area contributed by atoms with Crippen LogP contribution >= 0.6 is 0 Å². The number of ether oxygens (including phenoxy) is 1. The first kappa shape index (κ1) is 9.18. The van der Waals surface area contributed by atoms with Crippen molar-refractivity contribution in [1.82, 2.24) is 9.97 Å². The van der Waals surface area contributed by atoms with Crippen LogP contribution in [-0.2, 0) is 9.53 Å². The van der Waals surface area contributed by atoms with E-state index in [1.54, 1.807) is 0 Å². The fourth-order valence-electron chi connectivity index (χ4n) is 0.708. The summed E-state index contributed by atoms with van der Waals surface area (Å²) >= 11 is 0. The molecule has 0 aliphatic rings. The van der Waals surface area contributed by atoms with E-state index in [0.717, 1.165) is 6.08 Å². The zero-order valence-corrected chi connectivity index (χ0v) is 7.10. The van der Waals surface area contributed by atoms with Crippen molar-refractivity contribution in [2.24, 2.45) is 5.73 Å². The van der Waals surface area contributed by atoms with Crippen LogP contribution in [0.4, 0.5) is 0 Å². The second-order valence-corrected chi connectivity index (χ2v) is 2.21. The SMILES string of the molecule is COC(=O)/C=C(\N)c1cnccn1. The van der Waals surface area contributed by atoms with Crippen molar-refractivity contribution >= 4 is 11.7 Å². The quantitative estimate of drug-likeness (QED) is 0.508. The third-order valence-corrected chi connectivity index (χ3v) is 1.33. The largest absolute Gasteiger partial charge is 0.466 e. The van der Waals surface area contributed by atoms with Crippen LogP contribution in [0.5, 0.6) is 0 Å². The highest BCUT2D eigenvalue weighted by molar-refractivity contribution is 5.89. The van der Waals surface area contributed by atoms with Crippen molar-refractivity contribution in [3.8, 4) is 0 Å². The van der Waals surface area contributed by atoms with Gasteiger partial charge in [-0.25, -0.2) is 4.79 Å². The third-order valence-electron chi connectivity index (χ3n) is 1.33. The van der Waals surface area contributed by atoms with Crippen LogP contribution in [0.25, 0.3) is 5.70 Å². The first-order chi connectivity index (χ1) is 6.24. The van der Waals surface area contributed by atoms with Crippen molar-refractivity contribution in [1.29, 1.82) is 0 Å². The summed E-state index contributed by atoms with van der Waals surface area (Å²) in [5, 5.41) is 0. The molecule has 0 unspecified atom stereocenters. The molecule has 0 saturated carbocycles.